The summed E-state index contributed by atoms with van der Waals surface area (Å²) in [7, 11) is -3.80. The molecule has 0 bridgehead atoms. The van der Waals surface area contributed by atoms with Gasteiger partial charge in [-0.05, 0) is 56.7 Å². The van der Waals surface area contributed by atoms with Gasteiger partial charge in [0, 0.05) is 5.69 Å². The summed E-state index contributed by atoms with van der Waals surface area (Å²) in [6.45, 7) is 5.16. The number of hydrogen-bond acceptors (Lipinski definition) is 5. The molecule has 0 saturated carbocycles. The van der Waals surface area contributed by atoms with Crippen molar-refractivity contribution in [2.45, 2.75) is 31.8 Å². The van der Waals surface area contributed by atoms with Gasteiger partial charge in [0.05, 0.1) is 10.5 Å². The van der Waals surface area contributed by atoms with E-state index in [1.807, 2.05) is 13.0 Å². The van der Waals surface area contributed by atoms with Crippen molar-refractivity contribution in [3.63, 3.8) is 0 Å². The Morgan fingerprint density at radius 2 is 1.69 bits per heavy atom. The maximum Gasteiger partial charge on any atom is 0.339 e. The van der Waals surface area contributed by atoms with E-state index < -0.39 is 28.0 Å². The molecule has 138 valence electrons. The number of carbonyl (C=O) groups excluding carboxylic acids is 2. The van der Waals surface area contributed by atoms with Crippen molar-refractivity contribution in [2.75, 3.05) is 5.32 Å². The number of amides is 1. The molecule has 0 saturated heterocycles. The van der Waals surface area contributed by atoms with Gasteiger partial charge in [-0.3, -0.25) is 4.79 Å². The molecule has 3 N–H and O–H groups in total. The number of nitrogens with two attached hydrogens (primary N) is 1. The Labute approximate surface area is 152 Å². The predicted molar refractivity (Wildman–Crippen MR) is 97.2 cm³/mol. The molecule has 0 aliphatic heterocycles. The van der Waals surface area contributed by atoms with Crippen molar-refractivity contribution in [1.82, 2.24) is 0 Å². The van der Waals surface area contributed by atoms with E-state index in [0.29, 0.717) is 11.3 Å². The van der Waals surface area contributed by atoms with Crippen LogP contribution >= 0.6 is 0 Å². The summed E-state index contributed by atoms with van der Waals surface area (Å²) in [5.74, 6) is -1.12. The molecule has 0 unspecified atom stereocenters. The second kappa shape index (κ2) is 7.67. The molecule has 0 aromatic heterocycles. The molecule has 0 fully saturated rings. The minimum atomic E-state index is -3.80. The van der Waals surface area contributed by atoms with E-state index in [4.69, 9.17) is 9.88 Å². The van der Waals surface area contributed by atoms with E-state index in [9.17, 15) is 18.0 Å². The Hall–Kier alpha value is -2.71. The van der Waals surface area contributed by atoms with Gasteiger partial charge >= 0.3 is 5.97 Å². The molecule has 0 spiro atoms. The number of rotatable bonds is 5. The average Bonchev–Trinajstić information content (AvgIpc) is 2.54. The summed E-state index contributed by atoms with van der Waals surface area (Å²) in [4.78, 5) is 24.3. The molecule has 8 heteroatoms. The van der Waals surface area contributed by atoms with Gasteiger partial charge < -0.3 is 10.1 Å². The second-order valence-electron chi connectivity index (χ2n) is 5.92. The SMILES string of the molecule is Cc1ccc(C(=O)O[C@@H](C)C(=O)Nc2ccc(S(N)(=O)=O)cc2)c(C)c1. The quantitative estimate of drug-likeness (QED) is 0.776. The maximum absolute atomic E-state index is 12.2. The smallest absolute Gasteiger partial charge is 0.339 e. The van der Waals surface area contributed by atoms with E-state index in [1.54, 1.807) is 19.1 Å². The number of hydrogen-bond donors (Lipinski definition) is 2. The van der Waals surface area contributed by atoms with Crippen molar-refractivity contribution in [3.8, 4) is 0 Å². The zero-order valence-corrected chi connectivity index (χ0v) is 15.5. The molecular formula is C18H20N2O5S. The van der Waals surface area contributed by atoms with Gasteiger partial charge in [-0.25, -0.2) is 18.4 Å². The highest BCUT2D eigenvalue weighted by Gasteiger charge is 2.20. The molecule has 7 nitrogen and oxygen atoms in total. The van der Waals surface area contributed by atoms with Gasteiger partial charge in [0.25, 0.3) is 5.91 Å². The van der Waals surface area contributed by atoms with Crippen molar-refractivity contribution in [2.24, 2.45) is 5.14 Å². The minimum absolute atomic E-state index is 0.0650. The Balaban J connectivity index is 2.02. The monoisotopic (exact) mass is 376 g/mol. The van der Waals surface area contributed by atoms with Gasteiger partial charge in [-0.1, -0.05) is 17.7 Å². The molecule has 0 radical (unpaired) electrons. The lowest BCUT2D eigenvalue weighted by Gasteiger charge is -2.14. The average molecular weight is 376 g/mol. The highest BCUT2D eigenvalue weighted by atomic mass is 32.2. The van der Waals surface area contributed by atoms with Gasteiger partial charge in [0.15, 0.2) is 6.10 Å². The third-order valence-corrected chi connectivity index (χ3v) is 4.63. The van der Waals surface area contributed by atoms with Crippen LogP contribution in [-0.2, 0) is 19.6 Å². The zero-order valence-electron chi connectivity index (χ0n) is 14.6. The van der Waals surface area contributed by atoms with Crippen LogP contribution < -0.4 is 10.5 Å². The predicted octanol–water partition coefficient (Wildman–Crippen LogP) is 2.13. The topological polar surface area (TPSA) is 116 Å². The molecule has 2 aromatic rings. The standard InChI is InChI=1S/C18H20N2O5S/c1-11-4-9-16(12(2)10-11)18(22)25-13(3)17(21)20-14-5-7-15(8-6-14)26(19,23)24/h4-10,13H,1-3H3,(H,20,21)(H2,19,23,24)/t13-/m0/s1. The molecule has 1 amide bonds. The zero-order chi connectivity index (χ0) is 19.5. The summed E-state index contributed by atoms with van der Waals surface area (Å²) in [5, 5.41) is 7.56. The van der Waals surface area contributed by atoms with Crippen LogP contribution in [-0.4, -0.2) is 26.4 Å². The largest absolute Gasteiger partial charge is 0.449 e. The number of primary sulfonamides is 1. The number of nitrogens with one attached hydrogen (secondary N) is 1. The van der Waals surface area contributed by atoms with E-state index >= 15 is 0 Å². The van der Waals surface area contributed by atoms with Gasteiger partial charge in [-0.15, -0.1) is 0 Å². The normalized spacial score (nSPS) is 12.3. The fraction of sp³-hybridized carbons (Fsp3) is 0.222. The van der Waals surface area contributed by atoms with Crippen LogP contribution in [0, 0.1) is 13.8 Å². The number of aryl methyl sites for hydroxylation is 2. The lowest BCUT2D eigenvalue weighted by atomic mass is 10.1. The fourth-order valence-electron chi connectivity index (χ4n) is 2.29. The molecule has 2 rings (SSSR count). The number of anilines is 1. The molecular weight excluding hydrogens is 356 g/mol. The number of sulfonamides is 1. The van der Waals surface area contributed by atoms with Crippen LogP contribution in [0.25, 0.3) is 0 Å². The molecule has 2 aromatic carbocycles. The van der Waals surface area contributed by atoms with Crippen LogP contribution in [0.1, 0.15) is 28.4 Å². The van der Waals surface area contributed by atoms with Crippen molar-refractivity contribution in [1.29, 1.82) is 0 Å². The molecule has 1 atom stereocenters. The van der Waals surface area contributed by atoms with Gasteiger partial charge in [0.2, 0.25) is 10.0 Å². The van der Waals surface area contributed by atoms with Crippen LogP contribution in [0.15, 0.2) is 47.4 Å². The first-order valence-corrected chi connectivity index (χ1v) is 9.34. The van der Waals surface area contributed by atoms with Crippen molar-refractivity contribution >= 4 is 27.6 Å². The first-order chi connectivity index (χ1) is 12.1. The van der Waals surface area contributed by atoms with E-state index in [-0.39, 0.29) is 4.90 Å². The lowest BCUT2D eigenvalue weighted by molar-refractivity contribution is -0.123. The number of carbonyl (C=O) groups is 2. The third-order valence-electron chi connectivity index (χ3n) is 3.71. The second-order valence-corrected chi connectivity index (χ2v) is 7.49. The van der Waals surface area contributed by atoms with Crippen LogP contribution in [0.5, 0.6) is 0 Å². The van der Waals surface area contributed by atoms with Crippen LogP contribution in [0.4, 0.5) is 5.69 Å². The first-order valence-electron chi connectivity index (χ1n) is 7.80. The van der Waals surface area contributed by atoms with Gasteiger partial charge in [0.1, 0.15) is 0 Å². The Bertz CT molecular complexity index is 937. The number of ether oxygens (including phenoxy) is 1. The summed E-state index contributed by atoms with van der Waals surface area (Å²) >= 11 is 0. The molecule has 0 aliphatic rings. The minimum Gasteiger partial charge on any atom is -0.449 e. The summed E-state index contributed by atoms with van der Waals surface area (Å²) in [5.41, 5.74) is 2.54. The van der Waals surface area contributed by atoms with E-state index in [0.717, 1.165) is 11.1 Å². The molecule has 26 heavy (non-hydrogen) atoms. The van der Waals surface area contributed by atoms with E-state index in [1.165, 1.54) is 31.2 Å². The fourth-order valence-corrected chi connectivity index (χ4v) is 2.81. The summed E-state index contributed by atoms with van der Waals surface area (Å²) < 4.78 is 27.6. The summed E-state index contributed by atoms with van der Waals surface area (Å²) in [6.07, 6.45) is -1.03. The highest BCUT2D eigenvalue weighted by molar-refractivity contribution is 7.89. The lowest BCUT2D eigenvalue weighted by Crippen LogP contribution is -2.30. The number of benzene rings is 2. The third kappa shape index (κ3) is 4.90. The molecule has 0 aliphatic carbocycles. The Kier molecular flexibility index (Phi) is 5.79. The van der Waals surface area contributed by atoms with E-state index in [2.05, 4.69) is 5.32 Å². The van der Waals surface area contributed by atoms with Gasteiger partial charge in [-0.2, -0.15) is 0 Å². The summed E-state index contributed by atoms with van der Waals surface area (Å²) in [6, 6.07) is 10.7. The van der Waals surface area contributed by atoms with Crippen LogP contribution in [0.3, 0.4) is 0 Å². The Morgan fingerprint density at radius 1 is 1.08 bits per heavy atom. The van der Waals surface area contributed by atoms with Crippen molar-refractivity contribution in [3.05, 3.63) is 59.2 Å². The first kappa shape index (κ1) is 19.6. The number of esters is 1. The molecule has 0 heterocycles. The van der Waals surface area contributed by atoms with Crippen LogP contribution in [0.2, 0.25) is 0 Å². The maximum atomic E-state index is 12.2. The Morgan fingerprint density at radius 3 is 2.23 bits per heavy atom. The highest BCUT2D eigenvalue weighted by Crippen LogP contribution is 2.15. The van der Waals surface area contributed by atoms with Crippen molar-refractivity contribution < 1.29 is 22.7 Å².